The van der Waals surface area contributed by atoms with Gasteiger partial charge in [-0.1, -0.05) is 24.3 Å². The van der Waals surface area contributed by atoms with Crippen LogP contribution in [-0.2, 0) is 28.0 Å². The molecule has 1 spiro atoms. The first-order valence-electron chi connectivity index (χ1n) is 8.76. The Morgan fingerprint density at radius 2 is 2.24 bits per heavy atom. The standard InChI is InChI=1S/C19H23N3O3/c1-24-12-11-22-9-7-17(20-22)18(23)21-10-13-25-19(14-21)8-6-15-4-2-3-5-16(15)19/h2-5,7,9H,6,8,10-14H2,1H3/t19-/m0/s1. The molecular formula is C19H23N3O3. The number of aromatic nitrogens is 2. The van der Waals surface area contributed by atoms with Crippen molar-refractivity contribution in [2.45, 2.75) is 25.0 Å². The molecule has 1 atom stereocenters. The van der Waals surface area contributed by atoms with E-state index in [-0.39, 0.29) is 11.5 Å². The predicted octanol–water partition coefficient (Wildman–Crippen LogP) is 1.84. The Balaban J connectivity index is 1.52. The summed E-state index contributed by atoms with van der Waals surface area (Å²) < 4.78 is 13.0. The van der Waals surface area contributed by atoms with E-state index in [0.29, 0.717) is 38.5 Å². The summed E-state index contributed by atoms with van der Waals surface area (Å²) in [5.74, 6) is -0.0248. The van der Waals surface area contributed by atoms with Crippen molar-refractivity contribution in [1.82, 2.24) is 14.7 Å². The van der Waals surface area contributed by atoms with Crippen molar-refractivity contribution in [1.29, 1.82) is 0 Å². The molecule has 2 aromatic rings. The molecule has 1 aromatic carbocycles. The minimum Gasteiger partial charge on any atom is -0.383 e. The van der Waals surface area contributed by atoms with Gasteiger partial charge in [-0.05, 0) is 30.0 Å². The number of carbonyl (C=O) groups excluding carboxylic acids is 1. The van der Waals surface area contributed by atoms with Gasteiger partial charge in [-0.3, -0.25) is 9.48 Å². The summed E-state index contributed by atoms with van der Waals surface area (Å²) in [6.07, 6.45) is 3.76. The maximum atomic E-state index is 12.9. The van der Waals surface area contributed by atoms with Gasteiger partial charge in [0.05, 0.1) is 26.3 Å². The Labute approximate surface area is 147 Å². The Morgan fingerprint density at radius 1 is 1.36 bits per heavy atom. The molecule has 0 radical (unpaired) electrons. The second kappa shape index (κ2) is 6.61. The molecular weight excluding hydrogens is 318 g/mol. The molecule has 2 heterocycles. The van der Waals surface area contributed by atoms with Crippen molar-refractivity contribution in [3.63, 3.8) is 0 Å². The molecule has 6 heteroatoms. The third kappa shape index (κ3) is 2.96. The van der Waals surface area contributed by atoms with Crippen LogP contribution in [0.1, 0.15) is 28.0 Å². The number of ether oxygens (including phenoxy) is 2. The van der Waals surface area contributed by atoms with Crippen LogP contribution in [0, 0.1) is 0 Å². The molecule has 1 saturated heterocycles. The lowest BCUT2D eigenvalue weighted by Crippen LogP contribution is -2.51. The largest absolute Gasteiger partial charge is 0.383 e. The van der Waals surface area contributed by atoms with Crippen LogP contribution in [0.15, 0.2) is 36.5 Å². The molecule has 0 unspecified atom stereocenters. The van der Waals surface area contributed by atoms with Crippen LogP contribution in [0.2, 0.25) is 0 Å². The second-order valence-corrected chi connectivity index (χ2v) is 6.68. The van der Waals surface area contributed by atoms with E-state index in [2.05, 4.69) is 23.3 Å². The lowest BCUT2D eigenvalue weighted by atomic mass is 9.93. The lowest BCUT2D eigenvalue weighted by molar-refractivity contribution is -0.104. The number of hydrogen-bond acceptors (Lipinski definition) is 4. The first-order valence-corrected chi connectivity index (χ1v) is 8.76. The van der Waals surface area contributed by atoms with E-state index in [0.717, 1.165) is 12.8 Å². The van der Waals surface area contributed by atoms with Crippen LogP contribution in [0.4, 0.5) is 0 Å². The maximum absolute atomic E-state index is 12.9. The van der Waals surface area contributed by atoms with Gasteiger partial charge >= 0.3 is 0 Å². The fourth-order valence-electron chi connectivity index (χ4n) is 3.87. The predicted molar refractivity (Wildman–Crippen MR) is 92.4 cm³/mol. The van der Waals surface area contributed by atoms with Gasteiger partial charge < -0.3 is 14.4 Å². The average molecular weight is 341 g/mol. The van der Waals surface area contributed by atoms with Crippen molar-refractivity contribution in [2.24, 2.45) is 0 Å². The zero-order valence-electron chi connectivity index (χ0n) is 14.5. The fourth-order valence-corrected chi connectivity index (χ4v) is 3.87. The van der Waals surface area contributed by atoms with E-state index >= 15 is 0 Å². The maximum Gasteiger partial charge on any atom is 0.274 e. The van der Waals surface area contributed by atoms with Crippen LogP contribution in [0.3, 0.4) is 0 Å². The number of rotatable bonds is 4. The van der Waals surface area contributed by atoms with Gasteiger partial charge in [0.25, 0.3) is 5.91 Å². The van der Waals surface area contributed by atoms with E-state index in [1.54, 1.807) is 17.9 Å². The SMILES string of the molecule is COCCn1ccc(C(=O)N2CCO[C@@]3(CCc4ccccc43)C2)n1. The number of nitrogens with zero attached hydrogens (tertiary/aromatic N) is 3. The van der Waals surface area contributed by atoms with Crippen LogP contribution in [0.25, 0.3) is 0 Å². The summed E-state index contributed by atoms with van der Waals surface area (Å²) in [5, 5.41) is 4.39. The highest BCUT2D eigenvalue weighted by Crippen LogP contribution is 2.42. The van der Waals surface area contributed by atoms with E-state index in [1.807, 2.05) is 17.2 Å². The van der Waals surface area contributed by atoms with Crippen molar-refractivity contribution in [3.8, 4) is 0 Å². The normalized spacial score (nSPS) is 22.4. The molecule has 0 saturated carbocycles. The Kier molecular flexibility index (Phi) is 4.31. The van der Waals surface area contributed by atoms with Crippen LogP contribution in [0.5, 0.6) is 0 Å². The average Bonchev–Trinajstić information content (AvgIpc) is 3.26. The summed E-state index contributed by atoms with van der Waals surface area (Å²) in [4.78, 5) is 14.8. The summed E-state index contributed by atoms with van der Waals surface area (Å²) >= 11 is 0. The van der Waals surface area contributed by atoms with Crippen LogP contribution < -0.4 is 0 Å². The Bertz CT molecular complexity index is 769. The molecule has 1 aromatic heterocycles. The van der Waals surface area contributed by atoms with Gasteiger partial charge in [0.2, 0.25) is 0 Å². The summed E-state index contributed by atoms with van der Waals surface area (Å²) in [5.41, 5.74) is 2.70. The third-order valence-electron chi connectivity index (χ3n) is 5.16. The molecule has 0 bridgehead atoms. The molecule has 2 aliphatic rings. The van der Waals surface area contributed by atoms with E-state index in [1.165, 1.54) is 11.1 Å². The van der Waals surface area contributed by atoms with Gasteiger partial charge in [0, 0.05) is 19.9 Å². The molecule has 1 aliphatic carbocycles. The molecule has 0 N–H and O–H groups in total. The van der Waals surface area contributed by atoms with Crippen molar-refractivity contribution < 1.29 is 14.3 Å². The Hall–Kier alpha value is -2.18. The molecule has 1 amide bonds. The summed E-state index contributed by atoms with van der Waals surface area (Å²) in [6, 6.07) is 10.2. The van der Waals surface area contributed by atoms with E-state index < -0.39 is 0 Å². The smallest absolute Gasteiger partial charge is 0.274 e. The van der Waals surface area contributed by atoms with Gasteiger partial charge in [-0.2, -0.15) is 5.10 Å². The van der Waals surface area contributed by atoms with Crippen LogP contribution in [-0.4, -0.2) is 54.0 Å². The first-order chi connectivity index (χ1) is 12.2. The minimum absolute atomic E-state index is 0.0248. The molecule has 1 fully saturated rings. The fraction of sp³-hybridized carbons (Fsp3) is 0.474. The van der Waals surface area contributed by atoms with Gasteiger partial charge in [-0.15, -0.1) is 0 Å². The summed E-state index contributed by atoms with van der Waals surface area (Å²) in [6.45, 7) is 2.98. The highest BCUT2D eigenvalue weighted by Gasteiger charge is 2.44. The van der Waals surface area contributed by atoms with Crippen molar-refractivity contribution >= 4 is 5.91 Å². The second-order valence-electron chi connectivity index (χ2n) is 6.68. The first kappa shape index (κ1) is 16.3. The Morgan fingerprint density at radius 3 is 3.12 bits per heavy atom. The van der Waals surface area contributed by atoms with Gasteiger partial charge in [-0.25, -0.2) is 0 Å². The van der Waals surface area contributed by atoms with E-state index in [9.17, 15) is 4.79 Å². The van der Waals surface area contributed by atoms with Crippen LogP contribution >= 0.6 is 0 Å². The zero-order valence-corrected chi connectivity index (χ0v) is 14.5. The molecule has 1 aliphatic heterocycles. The third-order valence-corrected chi connectivity index (χ3v) is 5.16. The van der Waals surface area contributed by atoms with Crippen molar-refractivity contribution in [3.05, 3.63) is 53.3 Å². The lowest BCUT2D eigenvalue weighted by Gasteiger charge is -2.41. The summed E-state index contributed by atoms with van der Waals surface area (Å²) in [7, 11) is 1.65. The van der Waals surface area contributed by atoms with Crippen molar-refractivity contribution in [2.75, 3.05) is 33.4 Å². The number of hydrogen-bond donors (Lipinski definition) is 0. The monoisotopic (exact) mass is 341 g/mol. The quantitative estimate of drug-likeness (QED) is 0.852. The minimum atomic E-state index is -0.358. The molecule has 4 rings (SSSR count). The number of aryl methyl sites for hydroxylation is 1. The topological polar surface area (TPSA) is 56.6 Å². The van der Waals surface area contributed by atoms with Gasteiger partial charge in [0.1, 0.15) is 11.3 Å². The number of morpholine rings is 1. The highest BCUT2D eigenvalue weighted by molar-refractivity contribution is 5.92. The number of carbonyl (C=O) groups is 1. The number of benzene rings is 1. The number of fused-ring (bicyclic) bond motifs is 2. The molecule has 6 nitrogen and oxygen atoms in total. The number of methoxy groups -OCH3 is 1. The number of amides is 1. The van der Waals surface area contributed by atoms with E-state index in [4.69, 9.17) is 9.47 Å². The highest BCUT2D eigenvalue weighted by atomic mass is 16.5. The molecule has 132 valence electrons. The zero-order chi connectivity index (χ0) is 17.3. The van der Waals surface area contributed by atoms with Gasteiger partial charge in [0.15, 0.2) is 0 Å². The molecule has 25 heavy (non-hydrogen) atoms.